The van der Waals surface area contributed by atoms with Gasteiger partial charge in [-0.15, -0.1) is 0 Å². The summed E-state index contributed by atoms with van der Waals surface area (Å²) in [4.78, 5) is 13.2. The molecule has 156 valence electrons. The monoisotopic (exact) mass is 422 g/mol. The molecule has 3 aromatic carbocycles. The predicted molar refractivity (Wildman–Crippen MR) is 119 cm³/mol. The summed E-state index contributed by atoms with van der Waals surface area (Å²) in [6.07, 6.45) is 0. The maximum Gasteiger partial charge on any atom is 0.252 e. The van der Waals surface area contributed by atoms with Crippen LogP contribution in [0.15, 0.2) is 89.8 Å². The molecule has 0 bridgehead atoms. The van der Waals surface area contributed by atoms with Gasteiger partial charge in [-0.05, 0) is 43.2 Å². The largest absolute Gasteiger partial charge is 0.341 e. The maximum atomic E-state index is 13.1. The molecule has 6 heteroatoms. The Kier molecular flexibility index (Phi) is 6.70. The van der Waals surface area contributed by atoms with Crippen molar-refractivity contribution in [2.24, 2.45) is 0 Å². The molecule has 0 radical (unpaired) electrons. The lowest BCUT2D eigenvalue weighted by Gasteiger charge is -2.22. The molecule has 1 amide bonds. The van der Waals surface area contributed by atoms with Crippen LogP contribution < -0.4 is 5.32 Å². The lowest BCUT2D eigenvalue weighted by molar-refractivity contribution is 0.0942. The van der Waals surface area contributed by atoms with Gasteiger partial charge in [0.15, 0.2) is 0 Å². The molecule has 0 saturated heterocycles. The summed E-state index contributed by atoms with van der Waals surface area (Å²) in [5.74, 6) is -0.336. The van der Waals surface area contributed by atoms with E-state index in [-0.39, 0.29) is 22.9 Å². The highest BCUT2D eigenvalue weighted by atomic mass is 32.2. The first-order valence-electron chi connectivity index (χ1n) is 9.79. The molecule has 0 saturated carbocycles. The fraction of sp³-hybridized carbons (Fsp3) is 0.208. The molecule has 3 rings (SSSR count). The van der Waals surface area contributed by atoms with Crippen molar-refractivity contribution in [3.63, 3.8) is 0 Å². The molecule has 0 atom stereocenters. The van der Waals surface area contributed by atoms with Gasteiger partial charge < -0.3 is 5.32 Å². The lowest BCUT2D eigenvalue weighted by Crippen LogP contribution is -2.33. The number of carbonyl (C=O) groups excluding carboxylic acids is 1. The number of sulfonamides is 1. The highest BCUT2D eigenvalue weighted by Crippen LogP contribution is 2.23. The van der Waals surface area contributed by atoms with Gasteiger partial charge in [0, 0.05) is 18.7 Å². The van der Waals surface area contributed by atoms with Crippen LogP contribution >= 0.6 is 0 Å². The summed E-state index contributed by atoms with van der Waals surface area (Å²) in [6, 6.07) is 25.0. The second-order valence-electron chi connectivity index (χ2n) is 7.37. The summed E-state index contributed by atoms with van der Waals surface area (Å²) in [6.45, 7) is 3.61. The Labute approximate surface area is 178 Å². The molecule has 1 N–H and O–H groups in total. The van der Waals surface area contributed by atoms with Crippen molar-refractivity contribution < 1.29 is 13.2 Å². The van der Waals surface area contributed by atoms with Gasteiger partial charge in [-0.25, -0.2) is 8.42 Å². The molecule has 0 aromatic heterocycles. The number of amides is 1. The van der Waals surface area contributed by atoms with E-state index in [9.17, 15) is 13.2 Å². The van der Waals surface area contributed by atoms with E-state index < -0.39 is 10.0 Å². The van der Waals surface area contributed by atoms with Gasteiger partial charge in [-0.1, -0.05) is 66.7 Å². The van der Waals surface area contributed by atoms with Gasteiger partial charge in [-0.3, -0.25) is 4.79 Å². The normalized spacial score (nSPS) is 11.8. The zero-order chi connectivity index (χ0) is 21.7. The predicted octanol–water partition coefficient (Wildman–Crippen LogP) is 4.23. The first-order valence-corrected chi connectivity index (χ1v) is 11.2. The van der Waals surface area contributed by atoms with Gasteiger partial charge in [0.25, 0.3) is 5.91 Å². The summed E-state index contributed by atoms with van der Waals surface area (Å²) in [5.41, 5.74) is 2.19. The summed E-state index contributed by atoms with van der Waals surface area (Å²) in [7, 11) is -2.14. The first-order chi connectivity index (χ1) is 14.3. The van der Waals surface area contributed by atoms with Crippen LogP contribution in [0.2, 0.25) is 0 Å². The van der Waals surface area contributed by atoms with Crippen LogP contribution in [0.4, 0.5) is 0 Å². The van der Waals surface area contributed by atoms with E-state index >= 15 is 0 Å². The van der Waals surface area contributed by atoms with Crippen LogP contribution in [-0.2, 0) is 10.0 Å². The Morgan fingerprint density at radius 3 is 1.87 bits per heavy atom. The second-order valence-corrected chi connectivity index (χ2v) is 9.37. The zero-order valence-electron chi connectivity index (χ0n) is 17.3. The Hall–Kier alpha value is -2.96. The van der Waals surface area contributed by atoms with Crippen molar-refractivity contribution in [3.05, 3.63) is 102 Å². The van der Waals surface area contributed by atoms with Crippen LogP contribution in [0.25, 0.3) is 0 Å². The number of hydrogen-bond acceptors (Lipinski definition) is 3. The lowest BCUT2D eigenvalue weighted by atomic mass is 9.98. The Morgan fingerprint density at radius 1 is 0.833 bits per heavy atom. The minimum Gasteiger partial charge on any atom is -0.341 e. The average Bonchev–Trinajstić information content (AvgIpc) is 2.78. The molecule has 0 unspecified atom stereocenters. The van der Waals surface area contributed by atoms with E-state index in [1.807, 2.05) is 60.7 Å². The molecule has 0 aliphatic heterocycles. The molecular weight excluding hydrogens is 396 g/mol. The van der Waals surface area contributed by atoms with E-state index in [1.165, 1.54) is 23.5 Å². The van der Waals surface area contributed by atoms with Crippen LogP contribution in [0.1, 0.15) is 41.4 Å². The smallest absolute Gasteiger partial charge is 0.252 e. The fourth-order valence-electron chi connectivity index (χ4n) is 3.11. The minimum atomic E-state index is -3.67. The fourth-order valence-corrected chi connectivity index (χ4v) is 4.52. The van der Waals surface area contributed by atoms with Gasteiger partial charge in [0.2, 0.25) is 10.0 Å². The van der Waals surface area contributed by atoms with Crippen LogP contribution in [0.5, 0.6) is 0 Å². The minimum absolute atomic E-state index is 0.0994. The molecule has 30 heavy (non-hydrogen) atoms. The molecule has 0 aliphatic rings. The van der Waals surface area contributed by atoms with Crippen molar-refractivity contribution in [2.45, 2.75) is 30.8 Å². The summed E-state index contributed by atoms with van der Waals surface area (Å²) < 4.78 is 26.9. The SMILES string of the molecule is CC(C)N(C)S(=O)(=O)c1cccc(C(=O)NC(c2ccccc2)c2ccccc2)c1. The third kappa shape index (κ3) is 4.78. The van der Waals surface area contributed by atoms with E-state index in [0.717, 1.165) is 11.1 Å². The number of nitrogens with zero attached hydrogens (tertiary/aromatic N) is 1. The van der Waals surface area contributed by atoms with Crippen LogP contribution in [-0.4, -0.2) is 31.7 Å². The second kappa shape index (κ2) is 9.24. The molecule has 5 nitrogen and oxygen atoms in total. The van der Waals surface area contributed by atoms with E-state index in [2.05, 4.69) is 5.32 Å². The van der Waals surface area contributed by atoms with Crippen LogP contribution in [0, 0.1) is 0 Å². The summed E-state index contributed by atoms with van der Waals surface area (Å²) in [5, 5.41) is 3.05. The van der Waals surface area contributed by atoms with Crippen molar-refractivity contribution in [1.82, 2.24) is 9.62 Å². The standard InChI is InChI=1S/C24H26N2O3S/c1-18(2)26(3)30(28,29)22-16-10-15-21(17-22)24(27)25-23(19-11-6-4-7-12-19)20-13-8-5-9-14-20/h4-18,23H,1-3H3,(H,25,27). The quantitative estimate of drug-likeness (QED) is 0.619. The Bertz CT molecular complexity index is 1060. The average molecular weight is 423 g/mol. The van der Waals surface area contributed by atoms with Gasteiger partial charge in [0.05, 0.1) is 10.9 Å². The van der Waals surface area contributed by atoms with E-state index in [4.69, 9.17) is 0 Å². The molecular formula is C24H26N2O3S. The Morgan fingerprint density at radius 2 is 1.37 bits per heavy atom. The van der Waals surface area contributed by atoms with Crippen LogP contribution in [0.3, 0.4) is 0 Å². The molecule has 0 heterocycles. The third-order valence-electron chi connectivity index (χ3n) is 5.04. The number of rotatable bonds is 7. The van der Waals surface area contributed by atoms with E-state index in [1.54, 1.807) is 26.0 Å². The van der Waals surface area contributed by atoms with Crippen molar-refractivity contribution in [3.8, 4) is 0 Å². The van der Waals surface area contributed by atoms with Crippen molar-refractivity contribution in [2.75, 3.05) is 7.05 Å². The van der Waals surface area contributed by atoms with Gasteiger partial charge >= 0.3 is 0 Å². The highest BCUT2D eigenvalue weighted by Gasteiger charge is 2.24. The molecule has 0 aliphatic carbocycles. The number of benzene rings is 3. The number of hydrogen-bond donors (Lipinski definition) is 1. The number of nitrogens with one attached hydrogen (secondary N) is 1. The molecule has 0 fully saturated rings. The van der Waals surface area contributed by atoms with Crippen molar-refractivity contribution in [1.29, 1.82) is 0 Å². The Balaban J connectivity index is 1.92. The molecule has 3 aromatic rings. The zero-order valence-corrected chi connectivity index (χ0v) is 18.1. The van der Waals surface area contributed by atoms with E-state index in [0.29, 0.717) is 5.56 Å². The highest BCUT2D eigenvalue weighted by molar-refractivity contribution is 7.89. The van der Waals surface area contributed by atoms with Crippen molar-refractivity contribution >= 4 is 15.9 Å². The third-order valence-corrected chi connectivity index (χ3v) is 7.07. The summed E-state index contributed by atoms with van der Waals surface area (Å²) >= 11 is 0. The van der Waals surface area contributed by atoms with Gasteiger partial charge in [0.1, 0.15) is 0 Å². The maximum absolute atomic E-state index is 13.1. The molecule has 0 spiro atoms. The number of carbonyl (C=O) groups is 1. The first kappa shape index (κ1) is 21.7. The topological polar surface area (TPSA) is 66.5 Å². The van der Waals surface area contributed by atoms with Gasteiger partial charge in [-0.2, -0.15) is 4.31 Å².